The Morgan fingerprint density at radius 3 is 1.15 bits per heavy atom. The molecule has 0 bridgehead atoms. The zero-order chi connectivity index (χ0) is 9.98. The van der Waals surface area contributed by atoms with E-state index >= 15 is 0 Å². The van der Waals surface area contributed by atoms with Crippen molar-refractivity contribution in [3.8, 4) is 0 Å². The molecular formula is C8H12O4Pd. The monoisotopic (exact) mass is 278 g/mol. The summed E-state index contributed by atoms with van der Waals surface area (Å²) in [6.45, 7) is 3.32. The summed E-state index contributed by atoms with van der Waals surface area (Å²) in [5.41, 5.74) is 0. The summed E-state index contributed by atoms with van der Waals surface area (Å²) in [6, 6.07) is 0. The van der Waals surface area contributed by atoms with Crippen LogP contribution in [0.15, 0.2) is 24.3 Å². The van der Waals surface area contributed by atoms with Gasteiger partial charge in [-0.3, -0.25) is 0 Å². The number of hydrogen-bond acceptors (Lipinski definition) is 2. The fraction of sp³-hybridized carbons (Fsp3) is 0.250. The Bertz CT molecular complexity index is 174. The van der Waals surface area contributed by atoms with Crippen LogP contribution < -0.4 is 0 Å². The molecule has 0 aliphatic carbocycles. The van der Waals surface area contributed by atoms with Crippen molar-refractivity contribution >= 4 is 11.9 Å². The van der Waals surface area contributed by atoms with Crippen LogP contribution in [0.4, 0.5) is 0 Å². The van der Waals surface area contributed by atoms with Crippen molar-refractivity contribution in [3.05, 3.63) is 24.3 Å². The van der Waals surface area contributed by atoms with Crippen LogP contribution in [-0.4, -0.2) is 22.2 Å². The molecule has 4 nitrogen and oxygen atoms in total. The molecule has 0 aromatic carbocycles. The Balaban J connectivity index is -0.000000143. The van der Waals surface area contributed by atoms with Gasteiger partial charge in [-0.05, 0) is 13.8 Å². The zero-order valence-electron chi connectivity index (χ0n) is 7.34. The normalized spacial score (nSPS) is 8.77. The molecule has 0 fully saturated rings. The third-order valence-electron chi connectivity index (χ3n) is 0.618. The topological polar surface area (TPSA) is 74.6 Å². The second-order valence-electron chi connectivity index (χ2n) is 1.68. The molecule has 0 heterocycles. The summed E-state index contributed by atoms with van der Waals surface area (Å²) in [5.74, 6) is -1.78. The Morgan fingerprint density at radius 2 is 1.15 bits per heavy atom. The largest absolute Gasteiger partial charge is 0.478 e. The number of hydrogen-bond donors (Lipinski definition) is 2. The van der Waals surface area contributed by atoms with E-state index in [4.69, 9.17) is 10.2 Å². The summed E-state index contributed by atoms with van der Waals surface area (Å²) in [6.07, 6.45) is 5.12. The molecule has 2 N–H and O–H groups in total. The molecule has 0 aromatic heterocycles. The molecule has 13 heavy (non-hydrogen) atoms. The van der Waals surface area contributed by atoms with Crippen LogP contribution in [0, 0.1) is 0 Å². The van der Waals surface area contributed by atoms with Crippen molar-refractivity contribution in [2.75, 3.05) is 0 Å². The first kappa shape index (κ1) is 18.0. The average molecular weight is 279 g/mol. The molecule has 5 heteroatoms. The average Bonchev–Trinajstić information content (AvgIpc) is 1.87. The molecule has 0 aliphatic rings. The van der Waals surface area contributed by atoms with Gasteiger partial charge in [0, 0.05) is 32.6 Å². The predicted octanol–water partition coefficient (Wildman–Crippen LogP) is 1.29. The van der Waals surface area contributed by atoms with Gasteiger partial charge in [-0.25, -0.2) is 9.59 Å². The first-order valence-electron chi connectivity index (χ1n) is 3.25. The van der Waals surface area contributed by atoms with Gasteiger partial charge < -0.3 is 10.2 Å². The molecule has 0 amide bonds. The van der Waals surface area contributed by atoms with Crippen molar-refractivity contribution in [2.45, 2.75) is 13.8 Å². The van der Waals surface area contributed by atoms with Crippen molar-refractivity contribution in [1.82, 2.24) is 0 Å². The SMILES string of the molecule is C/C=C/C(=O)O.C/C=C/C(=O)O.[Pd]. The van der Waals surface area contributed by atoms with Gasteiger partial charge in [0.05, 0.1) is 0 Å². The molecule has 0 spiro atoms. The smallest absolute Gasteiger partial charge is 0.327 e. The van der Waals surface area contributed by atoms with Gasteiger partial charge in [-0.2, -0.15) is 0 Å². The summed E-state index contributed by atoms with van der Waals surface area (Å²) in [4.78, 5) is 19.0. The third-order valence-corrected chi connectivity index (χ3v) is 0.618. The van der Waals surface area contributed by atoms with Crippen LogP contribution in [0.1, 0.15) is 13.8 Å². The van der Waals surface area contributed by atoms with E-state index in [2.05, 4.69) is 0 Å². The molecule has 0 radical (unpaired) electrons. The van der Waals surface area contributed by atoms with Crippen LogP contribution >= 0.6 is 0 Å². The van der Waals surface area contributed by atoms with Gasteiger partial charge in [-0.15, -0.1) is 0 Å². The van der Waals surface area contributed by atoms with Gasteiger partial charge >= 0.3 is 11.9 Å². The van der Waals surface area contributed by atoms with Crippen LogP contribution in [-0.2, 0) is 30.0 Å². The fourth-order valence-electron chi connectivity index (χ4n) is 0.285. The standard InChI is InChI=1S/2C4H6O2.Pd/c2*1-2-3-4(5)6;/h2*2-3H,1H3,(H,5,6);/b2*3-2+;. The Labute approximate surface area is 90.6 Å². The van der Waals surface area contributed by atoms with Crippen LogP contribution in [0.2, 0.25) is 0 Å². The Hall–Kier alpha value is -0.918. The molecule has 0 unspecified atom stereocenters. The minimum absolute atomic E-state index is 0. The minimum atomic E-state index is -0.891. The maximum Gasteiger partial charge on any atom is 0.327 e. The van der Waals surface area contributed by atoms with E-state index in [1.165, 1.54) is 12.2 Å². The maximum absolute atomic E-state index is 9.51. The number of rotatable bonds is 2. The van der Waals surface area contributed by atoms with E-state index in [1.807, 2.05) is 0 Å². The molecule has 78 valence electrons. The molecule has 0 saturated heterocycles. The second kappa shape index (κ2) is 13.7. The summed E-state index contributed by atoms with van der Waals surface area (Å²) >= 11 is 0. The van der Waals surface area contributed by atoms with E-state index in [0.717, 1.165) is 12.2 Å². The van der Waals surface area contributed by atoms with Gasteiger partial charge in [0.25, 0.3) is 0 Å². The van der Waals surface area contributed by atoms with E-state index in [-0.39, 0.29) is 20.4 Å². The molecule has 0 atom stereocenters. The molecular weight excluding hydrogens is 267 g/mol. The van der Waals surface area contributed by atoms with Gasteiger partial charge in [-0.1, -0.05) is 12.2 Å². The zero-order valence-corrected chi connectivity index (χ0v) is 8.89. The minimum Gasteiger partial charge on any atom is -0.478 e. The molecule has 0 saturated carbocycles. The van der Waals surface area contributed by atoms with Gasteiger partial charge in [0.2, 0.25) is 0 Å². The summed E-state index contributed by atoms with van der Waals surface area (Å²) in [5, 5.41) is 15.7. The molecule has 0 aromatic rings. The van der Waals surface area contributed by atoms with E-state index in [1.54, 1.807) is 13.8 Å². The second-order valence-corrected chi connectivity index (χ2v) is 1.68. The van der Waals surface area contributed by atoms with Crippen molar-refractivity contribution in [1.29, 1.82) is 0 Å². The van der Waals surface area contributed by atoms with Crippen LogP contribution in [0.3, 0.4) is 0 Å². The Kier molecular flexibility index (Phi) is 18.9. The first-order valence-corrected chi connectivity index (χ1v) is 3.25. The summed E-state index contributed by atoms with van der Waals surface area (Å²) < 4.78 is 0. The van der Waals surface area contributed by atoms with Gasteiger partial charge in [0.1, 0.15) is 0 Å². The van der Waals surface area contributed by atoms with Crippen molar-refractivity contribution in [3.63, 3.8) is 0 Å². The Morgan fingerprint density at radius 1 is 0.923 bits per heavy atom. The molecule has 0 rings (SSSR count). The third kappa shape index (κ3) is 35.4. The van der Waals surface area contributed by atoms with E-state index in [9.17, 15) is 9.59 Å². The first-order chi connectivity index (χ1) is 5.54. The van der Waals surface area contributed by atoms with E-state index in [0.29, 0.717) is 0 Å². The van der Waals surface area contributed by atoms with Crippen molar-refractivity contribution in [2.24, 2.45) is 0 Å². The number of carboxylic acid groups (broad SMARTS) is 2. The molecule has 0 aliphatic heterocycles. The maximum atomic E-state index is 9.51. The fourth-order valence-corrected chi connectivity index (χ4v) is 0.285. The summed E-state index contributed by atoms with van der Waals surface area (Å²) in [7, 11) is 0. The van der Waals surface area contributed by atoms with Gasteiger partial charge in [0.15, 0.2) is 0 Å². The van der Waals surface area contributed by atoms with Crippen LogP contribution in [0.5, 0.6) is 0 Å². The quantitative estimate of drug-likeness (QED) is 0.590. The predicted molar refractivity (Wildman–Crippen MR) is 44.9 cm³/mol. The number of carbonyl (C=O) groups is 2. The van der Waals surface area contributed by atoms with Crippen LogP contribution in [0.25, 0.3) is 0 Å². The number of carboxylic acids is 2. The van der Waals surface area contributed by atoms with Crippen molar-refractivity contribution < 1.29 is 40.2 Å². The number of aliphatic carboxylic acids is 2. The number of allylic oxidation sites excluding steroid dienone is 2. The van der Waals surface area contributed by atoms with E-state index < -0.39 is 11.9 Å².